The Labute approximate surface area is 92.1 Å². The van der Waals surface area contributed by atoms with Crippen LogP contribution in [0.1, 0.15) is 39.0 Å². The van der Waals surface area contributed by atoms with Crippen molar-refractivity contribution in [1.29, 1.82) is 0 Å². The van der Waals surface area contributed by atoms with Gasteiger partial charge in [0, 0.05) is 5.69 Å². The molecule has 2 heteroatoms. The van der Waals surface area contributed by atoms with Crippen molar-refractivity contribution in [3.05, 3.63) is 30.3 Å². The Bertz CT molecular complexity index is 261. The molecule has 0 amide bonds. The van der Waals surface area contributed by atoms with Gasteiger partial charge in [-0.15, -0.1) is 0 Å². The van der Waals surface area contributed by atoms with Crippen molar-refractivity contribution >= 4 is 5.69 Å². The monoisotopic (exact) mass is 207 g/mol. The van der Waals surface area contributed by atoms with E-state index in [9.17, 15) is 5.11 Å². The Morgan fingerprint density at radius 2 is 1.60 bits per heavy atom. The minimum Gasteiger partial charge on any atom is -0.399 e. The minimum absolute atomic E-state index is 0.321. The lowest BCUT2D eigenvalue weighted by Crippen LogP contribution is -2.26. The van der Waals surface area contributed by atoms with E-state index in [-0.39, 0.29) is 5.60 Å². The number of anilines is 1. The molecule has 0 aliphatic heterocycles. The third-order valence-electron chi connectivity index (χ3n) is 2.73. The SMILES string of the molecule is CC1(O)CCCCC1.Nc1ccccc1. The molecule has 1 saturated carbocycles. The molecule has 0 atom stereocenters. The van der Waals surface area contributed by atoms with E-state index in [4.69, 9.17) is 5.73 Å². The van der Waals surface area contributed by atoms with E-state index in [1.165, 1.54) is 19.3 Å². The molecule has 1 aromatic rings. The lowest BCUT2D eigenvalue weighted by molar-refractivity contribution is 0.0225. The van der Waals surface area contributed by atoms with Crippen LogP contribution >= 0.6 is 0 Å². The van der Waals surface area contributed by atoms with Gasteiger partial charge in [0.25, 0.3) is 0 Å². The topological polar surface area (TPSA) is 46.2 Å². The van der Waals surface area contributed by atoms with Crippen LogP contribution in [0.25, 0.3) is 0 Å². The number of aliphatic hydroxyl groups is 1. The number of benzene rings is 1. The van der Waals surface area contributed by atoms with Crippen LogP contribution in [0.2, 0.25) is 0 Å². The van der Waals surface area contributed by atoms with E-state index in [0.29, 0.717) is 0 Å². The molecule has 2 rings (SSSR count). The minimum atomic E-state index is -0.321. The zero-order valence-corrected chi connectivity index (χ0v) is 9.45. The summed E-state index contributed by atoms with van der Waals surface area (Å²) in [7, 11) is 0. The summed E-state index contributed by atoms with van der Waals surface area (Å²) in [6, 6.07) is 9.49. The van der Waals surface area contributed by atoms with E-state index in [1.807, 2.05) is 37.3 Å². The Balaban J connectivity index is 0.000000151. The lowest BCUT2D eigenvalue weighted by atomic mass is 9.87. The predicted octanol–water partition coefficient (Wildman–Crippen LogP) is 2.97. The molecule has 2 nitrogen and oxygen atoms in total. The average molecular weight is 207 g/mol. The molecule has 0 spiro atoms. The highest BCUT2D eigenvalue weighted by molar-refractivity contribution is 5.35. The molecule has 1 fully saturated rings. The summed E-state index contributed by atoms with van der Waals surface area (Å²) in [6.45, 7) is 1.94. The summed E-state index contributed by atoms with van der Waals surface area (Å²) < 4.78 is 0. The fourth-order valence-electron chi connectivity index (χ4n) is 1.77. The molecule has 3 N–H and O–H groups in total. The molecule has 0 bridgehead atoms. The van der Waals surface area contributed by atoms with Gasteiger partial charge in [0.05, 0.1) is 5.60 Å². The number of hydrogen-bond donors (Lipinski definition) is 2. The first kappa shape index (κ1) is 12.1. The highest BCUT2D eigenvalue weighted by Gasteiger charge is 2.22. The summed E-state index contributed by atoms with van der Waals surface area (Å²) >= 11 is 0. The van der Waals surface area contributed by atoms with E-state index < -0.39 is 0 Å². The van der Waals surface area contributed by atoms with Crippen molar-refractivity contribution in [2.24, 2.45) is 0 Å². The van der Waals surface area contributed by atoms with Crippen LogP contribution in [0.4, 0.5) is 5.69 Å². The van der Waals surface area contributed by atoms with Crippen molar-refractivity contribution in [3.8, 4) is 0 Å². The zero-order chi connectivity index (χ0) is 11.1. The Morgan fingerprint density at radius 3 is 1.87 bits per heavy atom. The maximum Gasteiger partial charge on any atom is 0.0619 e. The highest BCUT2D eigenvalue weighted by atomic mass is 16.3. The molecule has 1 aromatic carbocycles. The van der Waals surface area contributed by atoms with Gasteiger partial charge >= 0.3 is 0 Å². The number of nitrogen functional groups attached to an aromatic ring is 1. The Hall–Kier alpha value is -1.02. The normalized spacial score (nSPS) is 18.8. The van der Waals surface area contributed by atoms with Gasteiger partial charge in [0.1, 0.15) is 0 Å². The van der Waals surface area contributed by atoms with E-state index in [2.05, 4.69) is 0 Å². The van der Waals surface area contributed by atoms with Crippen LogP contribution < -0.4 is 5.73 Å². The van der Waals surface area contributed by atoms with Gasteiger partial charge in [-0.2, -0.15) is 0 Å². The van der Waals surface area contributed by atoms with Gasteiger partial charge in [-0.05, 0) is 31.9 Å². The van der Waals surface area contributed by atoms with Crippen molar-refractivity contribution in [3.63, 3.8) is 0 Å². The van der Waals surface area contributed by atoms with E-state index >= 15 is 0 Å². The summed E-state index contributed by atoms with van der Waals surface area (Å²) in [5.74, 6) is 0. The summed E-state index contributed by atoms with van der Waals surface area (Å²) in [5.41, 5.74) is 5.86. The standard InChI is InChI=1S/C7H14O.C6H7N/c1-7(8)5-3-2-4-6-7;7-6-4-2-1-3-5-6/h8H,2-6H2,1H3;1-5H,7H2. The summed E-state index contributed by atoms with van der Waals surface area (Å²) in [6.07, 6.45) is 5.76. The van der Waals surface area contributed by atoms with Gasteiger partial charge in [-0.1, -0.05) is 37.5 Å². The Kier molecular flexibility index (Phi) is 4.63. The molecular weight excluding hydrogens is 186 g/mol. The molecule has 1 aliphatic rings. The van der Waals surface area contributed by atoms with Crippen LogP contribution in [0, 0.1) is 0 Å². The van der Waals surface area contributed by atoms with Gasteiger partial charge in [0.2, 0.25) is 0 Å². The zero-order valence-electron chi connectivity index (χ0n) is 9.45. The predicted molar refractivity (Wildman–Crippen MR) is 64.6 cm³/mol. The molecule has 0 heterocycles. The first-order valence-electron chi connectivity index (χ1n) is 5.63. The fraction of sp³-hybridized carbons (Fsp3) is 0.538. The van der Waals surface area contributed by atoms with Crippen LogP contribution in [0.15, 0.2) is 30.3 Å². The molecule has 0 radical (unpaired) electrons. The Morgan fingerprint density at radius 1 is 1.07 bits per heavy atom. The molecule has 0 aromatic heterocycles. The first-order chi connectivity index (χ1) is 7.10. The fourth-order valence-corrected chi connectivity index (χ4v) is 1.77. The van der Waals surface area contributed by atoms with Gasteiger partial charge in [0.15, 0.2) is 0 Å². The molecule has 1 aliphatic carbocycles. The third kappa shape index (κ3) is 5.43. The highest BCUT2D eigenvalue weighted by Crippen LogP contribution is 2.26. The molecule has 84 valence electrons. The van der Waals surface area contributed by atoms with Crippen LogP contribution in [-0.4, -0.2) is 10.7 Å². The molecular formula is C13H21NO. The smallest absolute Gasteiger partial charge is 0.0619 e. The van der Waals surface area contributed by atoms with Crippen molar-refractivity contribution in [2.45, 2.75) is 44.6 Å². The number of hydrogen-bond acceptors (Lipinski definition) is 2. The maximum atomic E-state index is 9.37. The van der Waals surface area contributed by atoms with Crippen molar-refractivity contribution < 1.29 is 5.11 Å². The second-order valence-electron chi connectivity index (χ2n) is 4.47. The van der Waals surface area contributed by atoms with Crippen LogP contribution in [0.3, 0.4) is 0 Å². The first-order valence-corrected chi connectivity index (χ1v) is 5.63. The molecule has 15 heavy (non-hydrogen) atoms. The van der Waals surface area contributed by atoms with Crippen molar-refractivity contribution in [2.75, 3.05) is 5.73 Å². The second-order valence-corrected chi connectivity index (χ2v) is 4.47. The average Bonchev–Trinajstić information content (AvgIpc) is 2.19. The van der Waals surface area contributed by atoms with Crippen LogP contribution in [0.5, 0.6) is 0 Å². The van der Waals surface area contributed by atoms with Gasteiger partial charge < -0.3 is 10.8 Å². The van der Waals surface area contributed by atoms with Crippen molar-refractivity contribution in [1.82, 2.24) is 0 Å². The quantitative estimate of drug-likeness (QED) is 0.642. The third-order valence-corrected chi connectivity index (χ3v) is 2.73. The molecule has 0 saturated heterocycles. The number of para-hydroxylation sites is 1. The van der Waals surface area contributed by atoms with Gasteiger partial charge in [-0.3, -0.25) is 0 Å². The second kappa shape index (κ2) is 5.76. The number of nitrogens with two attached hydrogens (primary N) is 1. The van der Waals surface area contributed by atoms with E-state index in [1.54, 1.807) is 0 Å². The summed E-state index contributed by atoms with van der Waals surface area (Å²) in [5, 5.41) is 9.37. The molecule has 0 unspecified atom stereocenters. The number of rotatable bonds is 0. The maximum absolute atomic E-state index is 9.37. The van der Waals surface area contributed by atoms with E-state index in [0.717, 1.165) is 18.5 Å². The van der Waals surface area contributed by atoms with Crippen LogP contribution in [-0.2, 0) is 0 Å². The largest absolute Gasteiger partial charge is 0.399 e. The van der Waals surface area contributed by atoms with Gasteiger partial charge in [-0.25, -0.2) is 0 Å². The summed E-state index contributed by atoms with van der Waals surface area (Å²) in [4.78, 5) is 0. The lowest BCUT2D eigenvalue weighted by Gasteiger charge is -2.27.